The minimum Gasteiger partial charge on any atom is -0.450 e. The van der Waals surface area contributed by atoms with E-state index in [0.29, 0.717) is 24.5 Å². The molecule has 1 aromatic heterocycles. The van der Waals surface area contributed by atoms with Crippen molar-refractivity contribution in [2.24, 2.45) is 0 Å². The predicted octanol–water partition coefficient (Wildman–Crippen LogP) is 1.38. The maximum atomic E-state index is 11.1. The van der Waals surface area contributed by atoms with Crippen LogP contribution in [0.25, 0.3) is 0 Å². The van der Waals surface area contributed by atoms with E-state index < -0.39 is 6.09 Å². The molecule has 0 aliphatic heterocycles. The van der Waals surface area contributed by atoms with Crippen molar-refractivity contribution in [2.45, 2.75) is 13.3 Å². The lowest BCUT2D eigenvalue weighted by molar-refractivity contribution is 0.168. The Balaban J connectivity index is 2.66. The SMILES string of the molecule is CCOC(=O)Nc1cccc(C#CCCO)n1. The van der Waals surface area contributed by atoms with Gasteiger partial charge < -0.3 is 9.84 Å². The van der Waals surface area contributed by atoms with Gasteiger partial charge in [0.15, 0.2) is 0 Å². The largest absolute Gasteiger partial charge is 0.450 e. The summed E-state index contributed by atoms with van der Waals surface area (Å²) in [5.41, 5.74) is 0.535. The first-order valence-corrected chi connectivity index (χ1v) is 5.27. The second kappa shape index (κ2) is 7.25. The highest BCUT2D eigenvalue weighted by atomic mass is 16.5. The number of carbonyl (C=O) groups excluding carboxylic acids is 1. The number of carbonyl (C=O) groups is 1. The molecule has 0 radical (unpaired) electrons. The fraction of sp³-hybridized carbons (Fsp3) is 0.333. The zero-order valence-electron chi connectivity index (χ0n) is 9.56. The number of aliphatic hydroxyl groups is 1. The molecule has 0 aliphatic carbocycles. The van der Waals surface area contributed by atoms with Crippen molar-refractivity contribution < 1.29 is 14.6 Å². The van der Waals surface area contributed by atoms with Gasteiger partial charge in [-0.2, -0.15) is 0 Å². The van der Waals surface area contributed by atoms with Crippen molar-refractivity contribution in [1.29, 1.82) is 0 Å². The highest BCUT2D eigenvalue weighted by Crippen LogP contribution is 2.04. The Hall–Kier alpha value is -2.06. The van der Waals surface area contributed by atoms with Crippen LogP contribution in [0.2, 0.25) is 0 Å². The van der Waals surface area contributed by atoms with Crippen LogP contribution in [0, 0.1) is 11.8 Å². The monoisotopic (exact) mass is 234 g/mol. The van der Waals surface area contributed by atoms with Gasteiger partial charge in [-0.1, -0.05) is 12.0 Å². The maximum Gasteiger partial charge on any atom is 0.412 e. The second-order valence-corrected chi connectivity index (χ2v) is 3.03. The van der Waals surface area contributed by atoms with Gasteiger partial charge in [-0.05, 0) is 25.0 Å². The Morgan fingerprint density at radius 3 is 3.12 bits per heavy atom. The van der Waals surface area contributed by atoms with Gasteiger partial charge in [0.2, 0.25) is 0 Å². The summed E-state index contributed by atoms with van der Waals surface area (Å²) in [5, 5.41) is 11.1. The molecule has 0 atom stereocenters. The number of nitrogens with zero attached hydrogens (tertiary/aromatic N) is 1. The highest BCUT2D eigenvalue weighted by Gasteiger charge is 2.02. The lowest BCUT2D eigenvalue weighted by Crippen LogP contribution is -2.14. The van der Waals surface area contributed by atoms with Gasteiger partial charge in [-0.15, -0.1) is 0 Å². The zero-order chi connectivity index (χ0) is 12.5. The van der Waals surface area contributed by atoms with Gasteiger partial charge >= 0.3 is 6.09 Å². The van der Waals surface area contributed by atoms with Gasteiger partial charge in [0.1, 0.15) is 11.5 Å². The fourth-order valence-electron chi connectivity index (χ4n) is 1.05. The molecule has 1 heterocycles. The smallest absolute Gasteiger partial charge is 0.412 e. The Kier molecular flexibility index (Phi) is 5.55. The molecular weight excluding hydrogens is 220 g/mol. The molecule has 0 fully saturated rings. The molecule has 0 bridgehead atoms. The van der Waals surface area contributed by atoms with Crippen molar-refractivity contribution >= 4 is 11.9 Å². The number of pyridine rings is 1. The van der Waals surface area contributed by atoms with Gasteiger partial charge in [0, 0.05) is 6.42 Å². The van der Waals surface area contributed by atoms with Crippen molar-refractivity contribution in [2.75, 3.05) is 18.5 Å². The van der Waals surface area contributed by atoms with Gasteiger partial charge in [-0.25, -0.2) is 9.78 Å². The Bertz CT molecular complexity index is 435. The van der Waals surface area contributed by atoms with E-state index in [-0.39, 0.29) is 6.61 Å². The fourth-order valence-corrected chi connectivity index (χ4v) is 1.05. The minimum atomic E-state index is -0.541. The van der Waals surface area contributed by atoms with Crippen LogP contribution in [0.5, 0.6) is 0 Å². The molecule has 1 rings (SSSR count). The van der Waals surface area contributed by atoms with Crippen LogP contribution in [0.15, 0.2) is 18.2 Å². The summed E-state index contributed by atoms with van der Waals surface area (Å²) in [5.74, 6) is 5.92. The number of hydrogen-bond acceptors (Lipinski definition) is 4. The number of anilines is 1. The van der Waals surface area contributed by atoms with Crippen molar-refractivity contribution in [3.8, 4) is 11.8 Å². The van der Waals surface area contributed by atoms with Crippen LogP contribution < -0.4 is 5.32 Å². The first-order valence-electron chi connectivity index (χ1n) is 5.27. The topological polar surface area (TPSA) is 71.5 Å². The number of aliphatic hydroxyl groups excluding tert-OH is 1. The average molecular weight is 234 g/mol. The Labute approximate surface area is 99.8 Å². The van der Waals surface area contributed by atoms with Crippen molar-refractivity contribution in [3.63, 3.8) is 0 Å². The third-order valence-corrected chi connectivity index (χ3v) is 1.71. The minimum absolute atomic E-state index is 0.0216. The van der Waals surface area contributed by atoms with Crippen LogP contribution in [-0.2, 0) is 4.74 Å². The first kappa shape index (κ1) is 13.0. The summed E-state index contributed by atoms with van der Waals surface area (Å²) in [6.45, 7) is 2.05. The first-order chi connectivity index (χ1) is 8.26. The van der Waals surface area contributed by atoms with Crippen LogP contribution in [0.4, 0.5) is 10.6 Å². The van der Waals surface area contributed by atoms with Crippen LogP contribution in [0.3, 0.4) is 0 Å². The third kappa shape index (κ3) is 5.00. The van der Waals surface area contributed by atoms with E-state index in [1.807, 2.05) is 0 Å². The number of rotatable bonds is 3. The van der Waals surface area contributed by atoms with Crippen molar-refractivity contribution in [3.05, 3.63) is 23.9 Å². The molecule has 90 valence electrons. The summed E-state index contributed by atoms with van der Waals surface area (Å²) in [6.07, 6.45) is -0.141. The molecule has 1 amide bonds. The van der Waals surface area contributed by atoms with E-state index in [2.05, 4.69) is 22.1 Å². The molecule has 0 aliphatic rings. The Morgan fingerprint density at radius 2 is 2.41 bits per heavy atom. The molecule has 1 aromatic rings. The number of amides is 1. The summed E-state index contributed by atoms with van der Waals surface area (Å²) >= 11 is 0. The van der Waals surface area contributed by atoms with Crippen LogP contribution in [0.1, 0.15) is 19.0 Å². The zero-order valence-corrected chi connectivity index (χ0v) is 9.56. The lowest BCUT2D eigenvalue weighted by atomic mass is 10.3. The molecule has 0 spiro atoms. The highest BCUT2D eigenvalue weighted by molar-refractivity contribution is 5.83. The molecule has 0 unspecified atom stereocenters. The molecule has 0 saturated carbocycles. The second-order valence-electron chi connectivity index (χ2n) is 3.03. The lowest BCUT2D eigenvalue weighted by Gasteiger charge is -2.03. The van der Waals surface area contributed by atoms with E-state index in [1.54, 1.807) is 25.1 Å². The maximum absolute atomic E-state index is 11.1. The van der Waals surface area contributed by atoms with Crippen molar-refractivity contribution in [1.82, 2.24) is 4.98 Å². The molecule has 0 aromatic carbocycles. The van der Waals surface area contributed by atoms with Gasteiger partial charge in [-0.3, -0.25) is 5.32 Å². The molecule has 17 heavy (non-hydrogen) atoms. The van der Waals surface area contributed by atoms with Crippen LogP contribution >= 0.6 is 0 Å². The summed E-state index contributed by atoms with van der Waals surface area (Å²) < 4.78 is 4.73. The van der Waals surface area contributed by atoms with E-state index >= 15 is 0 Å². The molecule has 0 saturated heterocycles. The molecule has 5 nitrogen and oxygen atoms in total. The quantitative estimate of drug-likeness (QED) is 0.775. The Morgan fingerprint density at radius 1 is 1.59 bits per heavy atom. The number of nitrogens with one attached hydrogen (secondary N) is 1. The normalized spacial score (nSPS) is 9.06. The number of ether oxygens (including phenoxy) is 1. The summed E-state index contributed by atoms with van der Waals surface area (Å²) in [6, 6.07) is 5.10. The molecule has 2 N–H and O–H groups in total. The predicted molar refractivity (Wildman–Crippen MR) is 63.5 cm³/mol. The summed E-state index contributed by atoms with van der Waals surface area (Å²) in [4.78, 5) is 15.2. The third-order valence-electron chi connectivity index (χ3n) is 1.71. The molecular formula is C12H14N2O3. The van der Waals surface area contributed by atoms with Gasteiger partial charge in [0.25, 0.3) is 0 Å². The van der Waals surface area contributed by atoms with Crippen LogP contribution in [-0.4, -0.2) is 29.4 Å². The van der Waals surface area contributed by atoms with E-state index in [9.17, 15) is 4.79 Å². The van der Waals surface area contributed by atoms with E-state index in [4.69, 9.17) is 9.84 Å². The average Bonchev–Trinajstić information content (AvgIpc) is 2.30. The van der Waals surface area contributed by atoms with Gasteiger partial charge in [0.05, 0.1) is 13.2 Å². The standard InChI is InChI=1S/C12H14N2O3/c1-2-17-12(16)14-11-8-5-7-10(13-11)6-3-4-9-15/h5,7-8,15H,2,4,9H2,1H3,(H,13,14,16). The summed E-state index contributed by atoms with van der Waals surface area (Å²) in [7, 11) is 0. The number of aromatic nitrogens is 1. The molecule has 5 heteroatoms. The number of hydrogen-bond donors (Lipinski definition) is 2. The van der Waals surface area contributed by atoms with E-state index in [1.165, 1.54) is 0 Å². The van der Waals surface area contributed by atoms with E-state index in [0.717, 1.165) is 0 Å².